The van der Waals surface area contributed by atoms with E-state index >= 15 is 0 Å². The molecule has 7 heteroatoms. The minimum absolute atomic E-state index is 0.00820. The van der Waals surface area contributed by atoms with Crippen molar-refractivity contribution in [1.29, 1.82) is 0 Å². The van der Waals surface area contributed by atoms with Crippen molar-refractivity contribution in [2.75, 3.05) is 12.4 Å². The minimum atomic E-state index is -1.10. The highest BCUT2D eigenvalue weighted by molar-refractivity contribution is 5.92. The van der Waals surface area contributed by atoms with Gasteiger partial charge in [0.25, 0.3) is 0 Å². The number of nitrogens with one attached hydrogen (secondary N) is 2. The van der Waals surface area contributed by atoms with Crippen LogP contribution in [0.2, 0.25) is 0 Å². The molecule has 1 aromatic rings. The number of halogens is 1. The number of methoxy groups -OCH3 is 1. The van der Waals surface area contributed by atoms with E-state index in [9.17, 15) is 14.0 Å². The molecule has 1 unspecified atom stereocenters. The topological polar surface area (TPSA) is 87.7 Å². The van der Waals surface area contributed by atoms with Crippen molar-refractivity contribution in [3.05, 3.63) is 24.0 Å². The number of carbonyl (C=O) groups excluding carboxylic acids is 1. The third-order valence-corrected chi connectivity index (χ3v) is 2.59. The highest BCUT2D eigenvalue weighted by Crippen LogP contribution is 2.21. The third kappa shape index (κ3) is 4.42. The molecule has 1 rings (SSSR count). The molecule has 0 aliphatic rings. The second kappa shape index (κ2) is 7.32. The van der Waals surface area contributed by atoms with Crippen molar-refractivity contribution in [3.63, 3.8) is 0 Å². The average molecular weight is 284 g/mol. The maximum Gasteiger partial charge on any atom is 0.326 e. The number of urea groups is 1. The van der Waals surface area contributed by atoms with Crippen molar-refractivity contribution in [2.45, 2.75) is 25.8 Å². The van der Waals surface area contributed by atoms with Gasteiger partial charge in [0.15, 0.2) is 11.6 Å². The zero-order chi connectivity index (χ0) is 15.1. The summed E-state index contributed by atoms with van der Waals surface area (Å²) in [6, 6.07) is 2.19. The average Bonchev–Trinajstić information content (AvgIpc) is 2.40. The summed E-state index contributed by atoms with van der Waals surface area (Å²) in [5.41, 5.74) is 0.307. The van der Waals surface area contributed by atoms with Crippen LogP contribution in [0.4, 0.5) is 14.9 Å². The lowest BCUT2D eigenvalue weighted by Gasteiger charge is -2.14. The fraction of sp³-hybridized carbons (Fsp3) is 0.385. The Morgan fingerprint density at radius 3 is 2.70 bits per heavy atom. The molecule has 0 heterocycles. The standard InChI is InChI=1S/C13H17FN2O4/c1-3-4-10(12(17)18)16-13(19)15-8-5-6-9(14)11(7-8)20-2/h5-7,10H,3-4H2,1-2H3,(H,17,18)(H2,15,16,19). The van der Waals surface area contributed by atoms with Crippen LogP contribution in [0, 0.1) is 5.82 Å². The maximum atomic E-state index is 13.2. The Bertz CT molecular complexity index is 493. The van der Waals surface area contributed by atoms with Gasteiger partial charge in [0.05, 0.1) is 7.11 Å². The van der Waals surface area contributed by atoms with Crippen LogP contribution in [0.15, 0.2) is 18.2 Å². The number of benzene rings is 1. The first-order valence-corrected chi connectivity index (χ1v) is 6.11. The molecule has 0 aromatic heterocycles. The van der Waals surface area contributed by atoms with Crippen LogP contribution in [-0.4, -0.2) is 30.3 Å². The summed E-state index contributed by atoms with van der Waals surface area (Å²) in [4.78, 5) is 22.6. The van der Waals surface area contributed by atoms with Crippen molar-refractivity contribution >= 4 is 17.7 Å². The van der Waals surface area contributed by atoms with Gasteiger partial charge in [-0.3, -0.25) is 0 Å². The molecule has 1 aromatic carbocycles. The Balaban J connectivity index is 2.68. The van der Waals surface area contributed by atoms with Crippen molar-refractivity contribution in [2.24, 2.45) is 0 Å². The van der Waals surface area contributed by atoms with Crippen LogP contribution < -0.4 is 15.4 Å². The number of rotatable bonds is 6. The maximum absolute atomic E-state index is 13.2. The molecule has 0 spiro atoms. The van der Waals surface area contributed by atoms with Gasteiger partial charge < -0.3 is 20.5 Å². The quantitative estimate of drug-likeness (QED) is 0.747. The Morgan fingerprint density at radius 2 is 2.15 bits per heavy atom. The van der Waals surface area contributed by atoms with E-state index in [1.54, 1.807) is 0 Å². The van der Waals surface area contributed by atoms with Gasteiger partial charge in [0.1, 0.15) is 6.04 Å². The second-order valence-corrected chi connectivity index (χ2v) is 4.13. The van der Waals surface area contributed by atoms with Gasteiger partial charge in [-0.1, -0.05) is 13.3 Å². The van der Waals surface area contributed by atoms with Crippen LogP contribution in [0.3, 0.4) is 0 Å². The number of carboxylic acid groups (broad SMARTS) is 1. The molecule has 0 saturated heterocycles. The largest absolute Gasteiger partial charge is 0.494 e. The van der Waals surface area contributed by atoms with E-state index in [2.05, 4.69) is 10.6 Å². The fourth-order valence-electron chi connectivity index (χ4n) is 1.61. The van der Waals surface area contributed by atoms with E-state index in [0.29, 0.717) is 18.5 Å². The molecule has 0 aliphatic carbocycles. The van der Waals surface area contributed by atoms with E-state index in [1.165, 1.54) is 19.2 Å². The van der Waals surface area contributed by atoms with Gasteiger partial charge >= 0.3 is 12.0 Å². The summed E-state index contributed by atoms with van der Waals surface area (Å²) in [5, 5.41) is 13.7. The number of aliphatic carboxylic acids is 1. The molecule has 1 atom stereocenters. The Morgan fingerprint density at radius 1 is 1.45 bits per heavy atom. The lowest BCUT2D eigenvalue weighted by molar-refractivity contribution is -0.139. The van der Waals surface area contributed by atoms with E-state index in [-0.39, 0.29) is 5.75 Å². The Kier molecular flexibility index (Phi) is 5.76. The molecule has 2 amide bonds. The van der Waals surface area contributed by atoms with Gasteiger partial charge in [-0.05, 0) is 18.6 Å². The predicted molar refractivity (Wildman–Crippen MR) is 71.4 cm³/mol. The molecule has 0 radical (unpaired) electrons. The molecule has 0 aliphatic heterocycles. The summed E-state index contributed by atoms with van der Waals surface area (Å²) < 4.78 is 18.0. The number of anilines is 1. The Hall–Kier alpha value is -2.31. The van der Waals surface area contributed by atoms with Crippen molar-refractivity contribution in [3.8, 4) is 5.75 Å². The summed E-state index contributed by atoms with van der Waals surface area (Å²) in [5.74, 6) is -1.65. The molecule has 110 valence electrons. The SMILES string of the molecule is CCCC(NC(=O)Nc1ccc(F)c(OC)c1)C(=O)O. The first-order valence-electron chi connectivity index (χ1n) is 6.11. The molecule has 0 bridgehead atoms. The summed E-state index contributed by atoms with van der Waals surface area (Å²) in [7, 11) is 1.31. The monoisotopic (exact) mass is 284 g/mol. The highest BCUT2D eigenvalue weighted by Gasteiger charge is 2.18. The summed E-state index contributed by atoms with van der Waals surface area (Å²) >= 11 is 0. The molecule has 6 nitrogen and oxygen atoms in total. The zero-order valence-electron chi connectivity index (χ0n) is 11.3. The van der Waals surface area contributed by atoms with E-state index < -0.39 is 23.9 Å². The first kappa shape index (κ1) is 15.7. The zero-order valence-corrected chi connectivity index (χ0v) is 11.3. The van der Waals surface area contributed by atoms with Crippen LogP contribution in [0.1, 0.15) is 19.8 Å². The predicted octanol–water partition coefficient (Wildman–Crippen LogP) is 2.21. The number of hydrogen-bond donors (Lipinski definition) is 3. The number of amides is 2. The van der Waals surface area contributed by atoms with E-state index in [1.807, 2.05) is 6.92 Å². The van der Waals surface area contributed by atoms with Crippen LogP contribution in [-0.2, 0) is 4.79 Å². The smallest absolute Gasteiger partial charge is 0.326 e. The van der Waals surface area contributed by atoms with Gasteiger partial charge in [0, 0.05) is 11.8 Å². The molecular formula is C13H17FN2O4. The van der Waals surface area contributed by atoms with Crippen molar-refractivity contribution in [1.82, 2.24) is 5.32 Å². The van der Waals surface area contributed by atoms with Crippen molar-refractivity contribution < 1.29 is 23.8 Å². The van der Waals surface area contributed by atoms with Gasteiger partial charge in [-0.15, -0.1) is 0 Å². The number of hydrogen-bond acceptors (Lipinski definition) is 3. The summed E-state index contributed by atoms with van der Waals surface area (Å²) in [6.07, 6.45) is 0.955. The lowest BCUT2D eigenvalue weighted by Crippen LogP contribution is -2.42. The number of carbonyl (C=O) groups is 2. The number of carboxylic acids is 1. The Labute approximate surface area is 115 Å². The highest BCUT2D eigenvalue weighted by atomic mass is 19.1. The van der Waals surface area contributed by atoms with Crippen LogP contribution >= 0.6 is 0 Å². The molecule has 0 saturated carbocycles. The molecule has 0 fully saturated rings. The van der Waals surface area contributed by atoms with Crippen LogP contribution in [0.25, 0.3) is 0 Å². The van der Waals surface area contributed by atoms with Crippen LogP contribution in [0.5, 0.6) is 5.75 Å². The van der Waals surface area contributed by atoms with Gasteiger partial charge in [-0.25, -0.2) is 14.0 Å². The number of ether oxygens (including phenoxy) is 1. The van der Waals surface area contributed by atoms with E-state index in [0.717, 1.165) is 6.07 Å². The normalized spacial score (nSPS) is 11.6. The minimum Gasteiger partial charge on any atom is -0.494 e. The molecule has 20 heavy (non-hydrogen) atoms. The van der Waals surface area contributed by atoms with Gasteiger partial charge in [-0.2, -0.15) is 0 Å². The first-order chi connectivity index (χ1) is 9.47. The lowest BCUT2D eigenvalue weighted by atomic mass is 10.2. The third-order valence-electron chi connectivity index (χ3n) is 2.59. The fourth-order valence-corrected chi connectivity index (χ4v) is 1.61. The second-order valence-electron chi connectivity index (χ2n) is 4.13. The van der Waals surface area contributed by atoms with E-state index in [4.69, 9.17) is 9.84 Å². The van der Waals surface area contributed by atoms with Gasteiger partial charge in [0.2, 0.25) is 0 Å². The summed E-state index contributed by atoms with van der Waals surface area (Å²) in [6.45, 7) is 1.82. The molecular weight excluding hydrogens is 267 g/mol. The molecule has 3 N–H and O–H groups in total.